The number of carbonyl (C=O) groups excluding carboxylic acids is 1. The summed E-state index contributed by atoms with van der Waals surface area (Å²) in [5, 5.41) is 2.80. The van der Waals surface area contributed by atoms with Crippen molar-refractivity contribution < 1.29 is 9.53 Å². The summed E-state index contributed by atoms with van der Waals surface area (Å²) >= 11 is 11.9. The number of fused-ring (bicyclic) bond motifs is 1. The van der Waals surface area contributed by atoms with Gasteiger partial charge in [0.1, 0.15) is 5.75 Å². The van der Waals surface area contributed by atoms with Crippen LogP contribution in [0.5, 0.6) is 5.75 Å². The van der Waals surface area contributed by atoms with Gasteiger partial charge in [0.25, 0.3) is 0 Å². The molecule has 0 aromatic heterocycles. The van der Waals surface area contributed by atoms with E-state index in [-0.39, 0.29) is 5.78 Å². The maximum Gasteiger partial charge on any atom is 0.193 e. The van der Waals surface area contributed by atoms with Gasteiger partial charge in [-0.1, -0.05) is 41.4 Å². The third kappa shape index (κ3) is 2.80. The van der Waals surface area contributed by atoms with Crippen LogP contribution in [-0.4, -0.2) is 12.9 Å². The first-order valence-corrected chi connectivity index (χ1v) is 7.41. The van der Waals surface area contributed by atoms with Gasteiger partial charge < -0.3 is 4.74 Å². The summed E-state index contributed by atoms with van der Waals surface area (Å²) in [4.78, 5) is 12.6. The Hall–Kier alpha value is -2.03. The molecule has 0 aliphatic carbocycles. The topological polar surface area (TPSA) is 26.3 Å². The van der Waals surface area contributed by atoms with Crippen LogP contribution in [0.15, 0.2) is 54.6 Å². The summed E-state index contributed by atoms with van der Waals surface area (Å²) < 4.78 is 5.20. The molecule has 0 bridgehead atoms. The fraction of sp³-hybridized carbons (Fsp3) is 0.0556. The Morgan fingerprint density at radius 3 is 2.18 bits per heavy atom. The number of benzene rings is 3. The number of methoxy groups -OCH3 is 1. The molecule has 0 saturated heterocycles. The Balaban J connectivity index is 2.02. The number of ketones is 1. The highest BCUT2D eigenvalue weighted by molar-refractivity contribution is 6.42. The Morgan fingerprint density at radius 1 is 0.818 bits per heavy atom. The summed E-state index contributed by atoms with van der Waals surface area (Å²) in [6.45, 7) is 0. The molecule has 0 aliphatic heterocycles. The van der Waals surface area contributed by atoms with Gasteiger partial charge in [-0.2, -0.15) is 0 Å². The van der Waals surface area contributed by atoms with Gasteiger partial charge in [0.2, 0.25) is 0 Å². The predicted molar refractivity (Wildman–Crippen MR) is 90.4 cm³/mol. The summed E-state index contributed by atoms with van der Waals surface area (Å²) in [5.74, 6) is 0.701. The molecule has 0 unspecified atom stereocenters. The minimum atomic E-state index is -0.0868. The molecule has 110 valence electrons. The van der Waals surface area contributed by atoms with Gasteiger partial charge in [-0.15, -0.1) is 0 Å². The van der Waals surface area contributed by atoms with E-state index in [1.807, 2.05) is 30.3 Å². The van der Waals surface area contributed by atoms with Crippen molar-refractivity contribution in [1.82, 2.24) is 0 Å². The SMILES string of the molecule is COc1ccc2cc(C(=O)c3ccc(Cl)c(Cl)c3)ccc2c1. The second-order valence-electron chi connectivity index (χ2n) is 4.89. The summed E-state index contributed by atoms with van der Waals surface area (Å²) in [6, 6.07) is 16.2. The first-order chi connectivity index (χ1) is 10.6. The molecule has 3 rings (SSSR count). The molecule has 0 amide bonds. The average molecular weight is 331 g/mol. The zero-order chi connectivity index (χ0) is 15.7. The van der Waals surface area contributed by atoms with Crippen molar-refractivity contribution in [3.8, 4) is 5.75 Å². The van der Waals surface area contributed by atoms with Crippen LogP contribution < -0.4 is 4.74 Å². The van der Waals surface area contributed by atoms with Crippen molar-refractivity contribution in [1.29, 1.82) is 0 Å². The van der Waals surface area contributed by atoms with Gasteiger partial charge in [-0.25, -0.2) is 0 Å². The standard InChI is InChI=1S/C18H12Cl2O2/c1-22-15-6-4-11-8-13(3-2-12(11)9-15)18(21)14-5-7-16(19)17(20)10-14/h2-10H,1H3. The Labute approximate surface area is 138 Å². The fourth-order valence-corrected chi connectivity index (χ4v) is 2.59. The molecule has 0 radical (unpaired) electrons. The van der Waals surface area contributed by atoms with Crippen molar-refractivity contribution in [3.63, 3.8) is 0 Å². The summed E-state index contributed by atoms with van der Waals surface area (Å²) in [7, 11) is 1.63. The number of ether oxygens (including phenoxy) is 1. The van der Waals surface area contributed by atoms with Gasteiger partial charge >= 0.3 is 0 Å². The first kappa shape index (κ1) is 14.9. The number of hydrogen-bond donors (Lipinski definition) is 0. The molecule has 0 atom stereocenters. The molecule has 3 aromatic carbocycles. The van der Waals surface area contributed by atoms with E-state index in [0.29, 0.717) is 21.2 Å². The summed E-state index contributed by atoms with van der Waals surface area (Å²) in [5.41, 5.74) is 1.12. The first-order valence-electron chi connectivity index (χ1n) is 6.66. The van der Waals surface area contributed by atoms with Crippen molar-refractivity contribution in [2.45, 2.75) is 0 Å². The Kier molecular flexibility index (Phi) is 4.06. The molecule has 0 N–H and O–H groups in total. The second-order valence-corrected chi connectivity index (χ2v) is 5.70. The minimum absolute atomic E-state index is 0.0868. The van der Waals surface area contributed by atoms with Crippen LogP contribution >= 0.6 is 23.2 Å². The molecular formula is C18H12Cl2O2. The number of carbonyl (C=O) groups is 1. The van der Waals surface area contributed by atoms with Crippen LogP contribution in [0, 0.1) is 0 Å². The molecule has 0 heterocycles. The quantitative estimate of drug-likeness (QED) is 0.602. The normalized spacial score (nSPS) is 10.7. The van der Waals surface area contributed by atoms with E-state index in [0.717, 1.165) is 16.5 Å². The molecule has 0 saturated carbocycles. The minimum Gasteiger partial charge on any atom is -0.497 e. The van der Waals surface area contributed by atoms with Crippen molar-refractivity contribution in [2.24, 2.45) is 0 Å². The van der Waals surface area contributed by atoms with Gasteiger partial charge in [-0.05, 0) is 47.2 Å². The lowest BCUT2D eigenvalue weighted by molar-refractivity contribution is 0.103. The van der Waals surface area contributed by atoms with Crippen LogP contribution in [0.25, 0.3) is 10.8 Å². The smallest absolute Gasteiger partial charge is 0.193 e. The van der Waals surface area contributed by atoms with Gasteiger partial charge in [0.15, 0.2) is 5.78 Å². The summed E-state index contributed by atoms with van der Waals surface area (Å²) in [6.07, 6.45) is 0. The van der Waals surface area contributed by atoms with Crippen LogP contribution in [-0.2, 0) is 0 Å². The zero-order valence-electron chi connectivity index (χ0n) is 11.8. The lowest BCUT2D eigenvalue weighted by atomic mass is 10.00. The van der Waals surface area contributed by atoms with Crippen LogP contribution in [0.3, 0.4) is 0 Å². The van der Waals surface area contributed by atoms with Crippen LogP contribution in [0.2, 0.25) is 10.0 Å². The molecule has 0 aliphatic rings. The zero-order valence-corrected chi connectivity index (χ0v) is 13.3. The van der Waals surface area contributed by atoms with E-state index in [2.05, 4.69) is 0 Å². The highest BCUT2D eigenvalue weighted by Crippen LogP contribution is 2.26. The van der Waals surface area contributed by atoms with Gasteiger partial charge in [0.05, 0.1) is 17.2 Å². The van der Waals surface area contributed by atoms with Crippen molar-refractivity contribution in [3.05, 3.63) is 75.8 Å². The molecule has 0 spiro atoms. The Bertz CT molecular complexity index is 872. The van der Waals surface area contributed by atoms with E-state index in [1.165, 1.54) is 0 Å². The van der Waals surface area contributed by atoms with Crippen molar-refractivity contribution in [2.75, 3.05) is 7.11 Å². The molecule has 4 heteroatoms. The van der Waals surface area contributed by atoms with Gasteiger partial charge in [-0.3, -0.25) is 4.79 Å². The van der Waals surface area contributed by atoms with Crippen molar-refractivity contribution >= 4 is 39.8 Å². The molecule has 22 heavy (non-hydrogen) atoms. The molecule has 2 nitrogen and oxygen atoms in total. The van der Waals surface area contributed by atoms with Gasteiger partial charge in [0, 0.05) is 11.1 Å². The highest BCUT2D eigenvalue weighted by atomic mass is 35.5. The van der Waals surface area contributed by atoms with Crippen LogP contribution in [0.4, 0.5) is 0 Å². The third-order valence-electron chi connectivity index (χ3n) is 3.49. The number of halogens is 2. The molecule has 0 fully saturated rings. The van der Waals surface area contributed by atoms with E-state index in [4.69, 9.17) is 27.9 Å². The Morgan fingerprint density at radius 2 is 1.45 bits per heavy atom. The maximum absolute atomic E-state index is 12.6. The second kappa shape index (κ2) is 5.99. The fourth-order valence-electron chi connectivity index (χ4n) is 2.30. The largest absolute Gasteiger partial charge is 0.497 e. The third-order valence-corrected chi connectivity index (χ3v) is 4.23. The lowest BCUT2D eigenvalue weighted by Gasteiger charge is -2.06. The van der Waals surface area contributed by atoms with E-state index < -0.39 is 0 Å². The molecule has 3 aromatic rings. The average Bonchev–Trinajstić information content (AvgIpc) is 2.55. The lowest BCUT2D eigenvalue weighted by Crippen LogP contribution is -2.01. The van der Waals surface area contributed by atoms with E-state index >= 15 is 0 Å². The highest BCUT2D eigenvalue weighted by Gasteiger charge is 2.11. The predicted octanol–water partition coefficient (Wildman–Crippen LogP) is 5.39. The maximum atomic E-state index is 12.6. The van der Waals surface area contributed by atoms with E-state index in [9.17, 15) is 4.79 Å². The molecular weight excluding hydrogens is 319 g/mol. The monoisotopic (exact) mass is 330 g/mol. The number of hydrogen-bond acceptors (Lipinski definition) is 2. The van der Waals surface area contributed by atoms with E-state index in [1.54, 1.807) is 31.4 Å². The van der Waals surface area contributed by atoms with Crippen LogP contribution in [0.1, 0.15) is 15.9 Å². The number of rotatable bonds is 3.